The van der Waals surface area contributed by atoms with Crippen LogP contribution in [0.15, 0.2) is 36.4 Å². The van der Waals surface area contributed by atoms with Gasteiger partial charge in [-0.25, -0.2) is 0 Å². The average molecular weight is 468 g/mol. The van der Waals surface area contributed by atoms with Gasteiger partial charge < -0.3 is 19.7 Å². The predicted octanol–water partition coefficient (Wildman–Crippen LogP) is 3.31. The Kier molecular flexibility index (Phi) is 6.46. The molecule has 0 radical (unpaired) electrons. The summed E-state index contributed by atoms with van der Waals surface area (Å²) in [7, 11) is 0. The van der Waals surface area contributed by atoms with Crippen LogP contribution in [-0.2, 0) is 16.1 Å². The molecule has 1 atom stereocenters. The molecule has 0 aromatic heterocycles. The molecule has 2 aromatic carbocycles. The Bertz CT molecular complexity index is 1050. The van der Waals surface area contributed by atoms with Gasteiger partial charge in [0.05, 0.1) is 5.92 Å². The normalized spacial score (nSPS) is 20.7. The molecule has 5 rings (SSSR count). The van der Waals surface area contributed by atoms with Crippen molar-refractivity contribution in [1.82, 2.24) is 4.90 Å². The van der Waals surface area contributed by atoms with Gasteiger partial charge in [0.2, 0.25) is 11.8 Å². The fourth-order valence-electron chi connectivity index (χ4n) is 4.55. The number of fused-ring (bicyclic) bond motifs is 1. The zero-order chi connectivity index (χ0) is 22.8. The summed E-state index contributed by atoms with van der Waals surface area (Å²) in [6.07, 6.45) is 0.199. The lowest BCUT2D eigenvalue weighted by Gasteiger charge is -2.26. The molecule has 7 nitrogen and oxygen atoms in total. The molecule has 0 aliphatic carbocycles. The van der Waals surface area contributed by atoms with Gasteiger partial charge >= 0.3 is 0 Å². The SMILES string of the molecule is Cc1cc(CN2CCSCC2)ccc1NC(=O)C1CC(=O)N(c2ccc3c(c2)OCCO3)C1. The molecule has 8 heteroatoms. The van der Waals surface area contributed by atoms with Gasteiger partial charge in [0.1, 0.15) is 13.2 Å². The van der Waals surface area contributed by atoms with E-state index in [9.17, 15) is 9.59 Å². The topological polar surface area (TPSA) is 71.1 Å². The van der Waals surface area contributed by atoms with E-state index in [0.717, 1.165) is 36.6 Å². The van der Waals surface area contributed by atoms with Crippen molar-refractivity contribution in [2.75, 3.05) is 54.6 Å². The van der Waals surface area contributed by atoms with Gasteiger partial charge in [-0.1, -0.05) is 12.1 Å². The molecule has 2 amide bonds. The van der Waals surface area contributed by atoms with E-state index in [1.807, 2.05) is 43.0 Å². The zero-order valence-electron chi connectivity index (χ0n) is 18.8. The van der Waals surface area contributed by atoms with Gasteiger partial charge in [0.25, 0.3) is 0 Å². The maximum absolute atomic E-state index is 13.0. The van der Waals surface area contributed by atoms with Crippen LogP contribution in [0.25, 0.3) is 0 Å². The first-order chi connectivity index (χ1) is 16.1. The number of hydrogen-bond acceptors (Lipinski definition) is 6. The second-order valence-corrected chi connectivity index (χ2v) is 9.99. The second-order valence-electron chi connectivity index (χ2n) is 8.76. The highest BCUT2D eigenvalue weighted by Crippen LogP contribution is 2.36. The molecular formula is C25H29N3O4S. The summed E-state index contributed by atoms with van der Waals surface area (Å²) in [6, 6.07) is 11.7. The number of amides is 2. The van der Waals surface area contributed by atoms with Gasteiger partial charge in [-0.05, 0) is 36.2 Å². The molecule has 3 heterocycles. The summed E-state index contributed by atoms with van der Waals surface area (Å²) in [4.78, 5) is 29.8. The van der Waals surface area contributed by atoms with E-state index in [1.54, 1.807) is 4.90 Å². The Morgan fingerprint density at radius 3 is 2.67 bits per heavy atom. The Morgan fingerprint density at radius 1 is 1.09 bits per heavy atom. The van der Waals surface area contributed by atoms with Gasteiger partial charge in [0.15, 0.2) is 11.5 Å². The quantitative estimate of drug-likeness (QED) is 0.728. The standard InChI is InChI=1S/C25H29N3O4S/c1-17-12-18(15-27-6-10-33-11-7-27)2-4-21(17)26-25(30)19-13-24(29)28(16-19)20-3-5-22-23(14-20)32-9-8-31-22/h2-5,12,14,19H,6-11,13,15-16H2,1H3,(H,26,30). The molecule has 33 heavy (non-hydrogen) atoms. The molecule has 0 saturated carbocycles. The average Bonchev–Trinajstić information content (AvgIpc) is 3.23. The summed E-state index contributed by atoms with van der Waals surface area (Å²) in [5, 5.41) is 3.05. The summed E-state index contributed by atoms with van der Waals surface area (Å²) >= 11 is 2.01. The summed E-state index contributed by atoms with van der Waals surface area (Å²) in [6.45, 7) is 6.58. The van der Waals surface area contributed by atoms with Crippen molar-refractivity contribution in [3.05, 3.63) is 47.5 Å². The van der Waals surface area contributed by atoms with Gasteiger partial charge in [-0.15, -0.1) is 0 Å². The number of carbonyl (C=O) groups is 2. The number of hydrogen-bond donors (Lipinski definition) is 1. The molecule has 3 aliphatic rings. The van der Waals surface area contributed by atoms with Crippen molar-refractivity contribution in [2.24, 2.45) is 5.92 Å². The third-order valence-electron chi connectivity index (χ3n) is 6.39. The van der Waals surface area contributed by atoms with Crippen LogP contribution in [0.3, 0.4) is 0 Å². The number of benzene rings is 2. The lowest BCUT2D eigenvalue weighted by atomic mass is 10.1. The zero-order valence-corrected chi connectivity index (χ0v) is 19.7. The lowest BCUT2D eigenvalue weighted by molar-refractivity contribution is -0.122. The molecule has 2 fully saturated rings. The van der Waals surface area contributed by atoms with Crippen LogP contribution >= 0.6 is 11.8 Å². The van der Waals surface area contributed by atoms with Crippen LogP contribution in [0.1, 0.15) is 17.5 Å². The molecule has 2 aromatic rings. The molecule has 0 spiro atoms. The second kappa shape index (κ2) is 9.65. The highest BCUT2D eigenvalue weighted by atomic mass is 32.2. The highest BCUT2D eigenvalue weighted by molar-refractivity contribution is 7.99. The number of thioether (sulfide) groups is 1. The first-order valence-corrected chi connectivity index (χ1v) is 12.6. The van der Waals surface area contributed by atoms with Crippen LogP contribution in [-0.4, -0.2) is 61.1 Å². The van der Waals surface area contributed by atoms with E-state index in [2.05, 4.69) is 22.3 Å². The van der Waals surface area contributed by atoms with E-state index in [1.165, 1.54) is 17.1 Å². The number of carbonyl (C=O) groups excluding carboxylic acids is 2. The molecular weight excluding hydrogens is 438 g/mol. The molecule has 174 valence electrons. The number of aryl methyl sites for hydroxylation is 1. The number of ether oxygens (including phenoxy) is 2. The van der Waals surface area contributed by atoms with Gasteiger partial charge in [0, 0.05) is 61.5 Å². The molecule has 3 aliphatic heterocycles. The van der Waals surface area contributed by atoms with E-state index < -0.39 is 5.92 Å². The first-order valence-electron chi connectivity index (χ1n) is 11.5. The van der Waals surface area contributed by atoms with Gasteiger partial charge in [-0.3, -0.25) is 14.5 Å². The minimum atomic E-state index is -0.393. The molecule has 1 unspecified atom stereocenters. The van der Waals surface area contributed by atoms with E-state index in [0.29, 0.717) is 31.3 Å². The van der Waals surface area contributed by atoms with Crippen molar-refractivity contribution in [1.29, 1.82) is 0 Å². The largest absolute Gasteiger partial charge is 0.486 e. The fourth-order valence-corrected chi connectivity index (χ4v) is 5.53. The number of nitrogens with zero attached hydrogens (tertiary/aromatic N) is 2. The van der Waals surface area contributed by atoms with E-state index in [-0.39, 0.29) is 18.2 Å². The fraction of sp³-hybridized carbons (Fsp3) is 0.440. The molecule has 2 saturated heterocycles. The highest BCUT2D eigenvalue weighted by Gasteiger charge is 2.35. The third kappa shape index (κ3) is 4.96. The van der Waals surface area contributed by atoms with Crippen molar-refractivity contribution in [3.63, 3.8) is 0 Å². The van der Waals surface area contributed by atoms with Crippen molar-refractivity contribution >= 4 is 35.0 Å². The van der Waals surface area contributed by atoms with Crippen LogP contribution in [0.2, 0.25) is 0 Å². The van der Waals surface area contributed by atoms with Crippen LogP contribution in [0.5, 0.6) is 11.5 Å². The smallest absolute Gasteiger partial charge is 0.229 e. The minimum Gasteiger partial charge on any atom is -0.486 e. The first kappa shape index (κ1) is 22.1. The third-order valence-corrected chi connectivity index (χ3v) is 7.33. The molecule has 1 N–H and O–H groups in total. The van der Waals surface area contributed by atoms with Crippen molar-refractivity contribution < 1.29 is 19.1 Å². The summed E-state index contributed by atoms with van der Waals surface area (Å²) < 4.78 is 11.2. The van der Waals surface area contributed by atoms with Gasteiger partial charge in [-0.2, -0.15) is 11.8 Å². The van der Waals surface area contributed by atoms with E-state index >= 15 is 0 Å². The Hall–Kier alpha value is -2.71. The number of rotatable bonds is 5. The van der Waals surface area contributed by atoms with Crippen LogP contribution in [0.4, 0.5) is 11.4 Å². The maximum atomic E-state index is 13.0. The maximum Gasteiger partial charge on any atom is 0.229 e. The Balaban J connectivity index is 1.22. The van der Waals surface area contributed by atoms with Crippen LogP contribution in [0, 0.1) is 12.8 Å². The Labute approximate surface area is 198 Å². The minimum absolute atomic E-state index is 0.0569. The van der Waals surface area contributed by atoms with Crippen LogP contribution < -0.4 is 19.7 Å². The van der Waals surface area contributed by atoms with Crippen molar-refractivity contribution in [2.45, 2.75) is 19.9 Å². The number of nitrogens with one attached hydrogen (secondary N) is 1. The lowest BCUT2D eigenvalue weighted by Crippen LogP contribution is -2.32. The van der Waals surface area contributed by atoms with E-state index in [4.69, 9.17) is 9.47 Å². The Morgan fingerprint density at radius 2 is 1.88 bits per heavy atom. The monoisotopic (exact) mass is 467 g/mol. The number of anilines is 2. The molecule has 0 bridgehead atoms. The summed E-state index contributed by atoms with van der Waals surface area (Å²) in [5.74, 6) is 3.14. The van der Waals surface area contributed by atoms with Crippen molar-refractivity contribution in [3.8, 4) is 11.5 Å². The summed E-state index contributed by atoms with van der Waals surface area (Å²) in [5.41, 5.74) is 3.85. The predicted molar refractivity (Wildman–Crippen MR) is 130 cm³/mol.